The summed E-state index contributed by atoms with van der Waals surface area (Å²) in [5, 5.41) is 3.34. The van der Waals surface area contributed by atoms with Crippen LogP contribution in [-0.2, 0) is 0 Å². The number of ether oxygens (including phenoxy) is 2. The first kappa shape index (κ1) is 12.6. The van der Waals surface area contributed by atoms with Crippen LogP contribution >= 0.6 is 0 Å². The first-order valence-corrected chi connectivity index (χ1v) is 6.77. The molecule has 3 nitrogen and oxygen atoms in total. The molecule has 0 aromatic heterocycles. The molecule has 0 unspecified atom stereocenters. The van der Waals surface area contributed by atoms with Crippen LogP contribution in [0.3, 0.4) is 0 Å². The lowest BCUT2D eigenvalue weighted by atomic mass is 10.2. The Labute approximate surface area is 118 Å². The third-order valence-electron chi connectivity index (χ3n) is 3.08. The average molecular weight is 267 g/mol. The summed E-state index contributed by atoms with van der Waals surface area (Å²) in [6.07, 6.45) is 4.21. The van der Waals surface area contributed by atoms with Crippen LogP contribution in [0.1, 0.15) is 5.56 Å². The van der Waals surface area contributed by atoms with Gasteiger partial charge in [-0.25, -0.2) is 0 Å². The summed E-state index contributed by atoms with van der Waals surface area (Å²) < 4.78 is 11.1. The summed E-state index contributed by atoms with van der Waals surface area (Å²) in [6, 6.07) is 16.2. The largest absolute Gasteiger partial charge is 0.486 e. The highest BCUT2D eigenvalue weighted by atomic mass is 16.6. The highest BCUT2D eigenvalue weighted by Gasteiger charge is 2.10. The maximum atomic E-state index is 5.56. The summed E-state index contributed by atoms with van der Waals surface area (Å²) in [7, 11) is 0. The van der Waals surface area contributed by atoms with E-state index in [0.717, 1.165) is 23.7 Å². The van der Waals surface area contributed by atoms with E-state index in [1.165, 1.54) is 5.56 Å². The molecule has 1 aliphatic heterocycles. The van der Waals surface area contributed by atoms with Gasteiger partial charge in [-0.15, -0.1) is 0 Å². The second-order valence-electron chi connectivity index (χ2n) is 4.55. The molecule has 2 aromatic carbocycles. The zero-order chi connectivity index (χ0) is 13.6. The van der Waals surface area contributed by atoms with Crippen LogP contribution in [0.15, 0.2) is 54.6 Å². The van der Waals surface area contributed by atoms with Crippen LogP contribution in [0.25, 0.3) is 6.08 Å². The summed E-state index contributed by atoms with van der Waals surface area (Å²) in [5.41, 5.74) is 2.24. The number of rotatable bonds is 4. The van der Waals surface area contributed by atoms with Crippen LogP contribution in [0.2, 0.25) is 0 Å². The zero-order valence-corrected chi connectivity index (χ0v) is 11.2. The van der Waals surface area contributed by atoms with Crippen molar-refractivity contribution < 1.29 is 9.47 Å². The normalized spacial score (nSPS) is 13.4. The first-order valence-electron chi connectivity index (χ1n) is 6.77. The Balaban J connectivity index is 1.57. The molecule has 3 heteroatoms. The lowest BCUT2D eigenvalue weighted by Gasteiger charge is -2.19. The minimum Gasteiger partial charge on any atom is -0.486 e. The van der Waals surface area contributed by atoms with E-state index in [0.29, 0.717) is 13.2 Å². The van der Waals surface area contributed by atoms with E-state index in [1.807, 2.05) is 36.4 Å². The van der Waals surface area contributed by atoms with Crippen LogP contribution in [0.4, 0.5) is 5.69 Å². The van der Waals surface area contributed by atoms with Gasteiger partial charge in [-0.05, 0) is 17.7 Å². The fourth-order valence-corrected chi connectivity index (χ4v) is 2.09. The van der Waals surface area contributed by atoms with Crippen LogP contribution in [0.5, 0.6) is 11.5 Å². The standard InChI is InChI=1S/C17H17NO2/c1-2-5-14(6-3-1)7-4-10-18-15-8-9-16-17(13-15)20-12-11-19-16/h1-9,13,18H,10-12H2/b7-4-. The lowest BCUT2D eigenvalue weighted by molar-refractivity contribution is 0.171. The van der Waals surface area contributed by atoms with Crippen molar-refractivity contribution in [3.8, 4) is 11.5 Å². The summed E-state index contributed by atoms with van der Waals surface area (Å²) >= 11 is 0. The molecule has 0 atom stereocenters. The second kappa shape index (κ2) is 6.15. The molecule has 1 heterocycles. The van der Waals surface area contributed by atoms with E-state index in [1.54, 1.807) is 0 Å². The molecule has 102 valence electrons. The van der Waals surface area contributed by atoms with Crippen LogP contribution in [-0.4, -0.2) is 19.8 Å². The minimum absolute atomic E-state index is 0.615. The number of hydrogen-bond acceptors (Lipinski definition) is 3. The molecular weight excluding hydrogens is 250 g/mol. The van der Waals surface area contributed by atoms with E-state index in [2.05, 4.69) is 29.6 Å². The van der Waals surface area contributed by atoms with Gasteiger partial charge in [-0.3, -0.25) is 0 Å². The molecule has 0 amide bonds. The maximum Gasteiger partial charge on any atom is 0.163 e. The van der Waals surface area contributed by atoms with E-state index < -0.39 is 0 Å². The predicted molar refractivity (Wildman–Crippen MR) is 81.4 cm³/mol. The van der Waals surface area contributed by atoms with E-state index in [-0.39, 0.29) is 0 Å². The van der Waals surface area contributed by atoms with Gasteiger partial charge in [0.25, 0.3) is 0 Å². The molecular formula is C17H17NO2. The van der Waals surface area contributed by atoms with E-state index in [4.69, 9.17) is 9.47 Å². The number of hydrogen-bond donors (Lipinski definition) is 1. The predicted octanol–water partition coefficient (Wildman–Crippen LogP) is 3.58. The molecule has 0 fully saturated rings. The van der Waals surface area contributed by atoms with Crippen molar-refractivity contribution in [1.82, 2.24) is 0 Å². The topological polar surface area (TPSA) is 30.5 Å². The smallest absolute Gasteiger partial charge is 0.163 e. The molecule has 0 saturated heterocycles. The van der Waals surface area contributed by atoms with Gasteiger partial charge in [-0.1, -0.05) is 42.5 Å². The Morgan fingerprint density at radius 3 is 2.60 bits per heavy atom. The number of anilines is 1. The highest BCUT2D eigenvalue weighted by Crippen LogP contribution is 2.32. The molecule has 3 rings (SSSR count). The molecule has 1 aliphatic rings. The molecule has 2 aromatic rings. The van der Waals surface area contributed by atoms with Gasteiger partial charge in [0.15, 0.2) is 11.5 Å². The molecule has 0 saturated carbocycles. The van der Waals surface area contributed by atoms with Crippen LogP contribution < -0.4 is 14.8 Å². The van der Waals surface area contributed by atoms with E-state index in [9.17, 15) is 0 Å². The Morgan fingerprint density at radius 2 is 1.75 bits per heavy atom. The number of benzene rings is 2. The van der Waals surface area contributed by atoms with Crippen molar-refractivity contribution in [2.24, 2.45) is 0 Å². The highest BCUT2D eigenvalue weighted by molar-refractivity contribution is 5.56. The maximum absolute atomic E-state index is 5.56. The Bertz CT molecular complexity index is 593. The third kappa shape index (κ3) is 3.12. The van der Waals surface area contributed by atoms with Gasteiger partial charge < -0.3 is 14.8 Å². The molecule has 20 heavy (non-hydrogen) atoms. The van der Waals surface area contributed by atoms with Gasteiger partial charge in [0.1, 0.15) is 13.2 Å². The Kier molecular flexibility index (Phi) is 3.88. The van der Waals surface area contributed by atoms with Crippen molar-refractivity contribution in [1.29, 1.82) is 0 Å². The summed E-state index contributed by atoms with van der Waals surface area (Å²) in [5.74, 6) is 1.63. The number of fused-ring (bicyclic) bond motifs is 1. The zero-order valence-electron chi connectivity index (χ0n) is 11.2. The molecule has 1 N–H and O–H groups in total. The fraction of sp³-hybridized carbons (Fsp3) is 0.176. The minimum atomic E-state index is 0.615. The van der Waals surface area contributed by atoms with Gasteiger partial charge in [0.2, 0.25) is 0 Å². The fourth-order valence-electron chi connectivity index (χ4n) is 2.09. The molecule has 0 bridgehead atoms. The third-order valence-corrected chi connectivity index (χ3v) is 3.08. The lowest BCUT2D eigenvalue weighted by Crippen LogP contribution is -2.15. The SMILES string of the molecule is C(=C/c1ccccc1)/CNc1ccc2c(c1)OCCO2. The first-order chi connectivity index (χ1) is 9.92. The van der Waals surface area contributed by atoms with Gasteiger partial charge in [0, 0.05) is 18.3 Å². The Hall–Kier alpha value is -2.42. The van der Waals surface area contributed by atoms with Crippen LogP contribution in [0, 0.1) is 0 Å². The number of nitrogens with one attached hydrogen (secondary N) is 1. The molecule has 0 radical (unpaired) electrons. The molecule has 0 spiro atoms. The second-order valence-corrected chi connectivity index (χ2v) is 4.55. The average Bonchev–Trinajstić information content (AvgIpc) is 2.52. The monoisotopic (exact) mass is 267 g/mol. The quantitative estimate of drug-likeness (QED) is 0.918. The van der Waals surface area contributed by atoms with Gasteiger partial charge in [-0.2, -0.15) is 0 Å². The summed E-state index contributed by atoms with van der Waals surface area (Å²) in [6.45, 7) is 2.01. The van der Waals surface area contributed by atoms with Crippen molar-refractivity contribution in [2.45, 2.75) is 0 Å². The van der Waals surface area contributed by atoms with Crippen molar-refractivity contribution >= 4 is 11.8 Å². The van der Waals surface area contributed by atoms with Crippen molar-refractivity contribution in [3.63, 3.8) is 0 Å². The van der Waals surface area contributed by atoms with Crippen molar-refractivity contribution in [2.75, 3.05) is 25.1 Å². The van der Waals surface area contributed by atoms with Crippen molar-refractivity contribution in [3.05, 3.63) is 60.2 Å². The molecule has 0 aliphatic carbocycles. The van der Waals surface area contributed by atoms with Gasteiger partial charge >= 0.3 is 0 Å². The van der Waals surface area contributed by atoms with Gasteiger partial charge in [0.05, 0.1) is 0 Å². The summed E-state index contributed by atoms with van der Waals surface area (Å²) in [4.78, 5) is 0. The Morgan fingerprint density at radius 1 is 0.950 bits per heavy atom. The van der Waals surface area contributed by atoms with E-state index >= 15 is 0 Å².